The molecule has 0 radical (unpaired) electrons. The predicted molar refractivity (Wildman–Crippen MR) is 52.0 cm³/mol. The molecule has 0 aromatic carbocycles. The highest BCUT2D eigenvalue weighted by atomic mass is 19.4. The molecule has 106 valence electrons. The molecule has 0 bridgehead atoms. The second kappa shape index (κ2) is 5.38. The van der Waals surface area contributed by atoms with Gasteiger partial charge in [-0.15, -0.1) is 0 Å². The Balaban J connectivity index is 2.42. The third-order valence-corrected chi connectivity index (χ3v) is 3.01. The van der Waals surface area contributed by atoms with Crippen LogP contribution in [0.3, 0.4) is 0 Å². The maximum atomic E-state index is 12.6. The van der Waals surface area contributed by atoms with Crippen molar-refractivity contribution in [3.63, 3.8) is 0 Å². The second-order valence-corrected chi connectivity index (χ2v) is 4.46. The molecule has 1 saturated carbocycles. The van der Waals surface area contributed by atoms with Gasteiger partial charge in [0, 0.05) is 6.54 Å². The molecule has 0 aromatic heterocycles. The van der Waals surface area contributed by atoms with Crippen LogP contribution in [0.15, 0.2) is 0 Å². The van der Waals surface area contributed by atoms with Crippen LogP contribution in [0.4, 0.5) is 22.0 Å². The summed E-state index contributed by atoms with van der Waals surface area (Å²) in [5.41, 5.74) is 0. The van der Waals surface area contributed by atoms with Crippen LogP contribution in [0.2, 0.25) is 0 Å². The first-order valence-electron chi connectivity index (χ1n) is 5.55. The number of carbonyl (C=O) groups excluding carboxylic acids is 1. The summed E-state index contributed by atoms with van der Waals surface area (Å²) in [7, 11) is 0. The molecule has 1 rings (SSSR count). The van der Waals surface area contributed by atoms with Gasteiger partial charge < -0.3 is 10.4 Å². The Kier molecular flexibility index (Phi) is 4.52. The van der Waals surface area contributed by atoms with Crippen LogP contribution in [0, 0.1) is 5.92 Å². The van der Waals surface area contributed by atoms with E-state index in [2.05, 4.69) is 0 Å². The fourth-order valence-corrected chi connectivity index (χ4v) is 1.83. The average Bonchev–Trinajstić information content (AvgIpc) is 2.26. The molecule has 1 amide bonds. The number of halogens is 5. The normalized spacial score (nSPS) is 25.9. The van der Waals surface area contributed by atoms with Crippen molar-refractivity contribution in [2.75, 3.05) is 6.54 Å². The average molecular weight is 275 g/mol. The molecule has 0 spiro atoms. The molecule has 0 atom stereocenters. The Morgan fingerprint density at radius 2 is 1.61 bits per heavy atom. The third-order valence-electron chi connectivity index (χ3n) is 3.01. The summed E-state index contributed by atoms with van der Waals surface area (Å²) in [5.74, 6) is -7.84. The van der Waals surface area contributed by atoms with E-state index >= 15 is 0 Å². The first-order chi connectivity index (χ1) is 8.14. The van der Waals surface area contributed by atoms with Gasteiger partial charge >= 0.3 is 12.1 Å². The first-order valence-corrected chi connectivity index (χ1v) is 5.55. The molecule has 18 heavy (non-hydrogen) atoms. The molecule has 0 unspecified atom stereocenters. The van der Waals surface area contributed by atoms with Crippen molar-refractivity contribution in [2.45, 2.75) is 43.9 Å². The standard InChI is InChI=1S/C10H14F5NO2/c11-9(12,10(13,14)15)8(18)16-5-6-1-3-7(17)4-2-6/h6-7,17H,1-5H2,(H,16,18). The van der Waals surface area contributed by atoms with Gasteiger partial charge in [-0.1, -0.05) is 0 Å². The summed E-state index contributed by atoms with van der Waals surface area (Å²) in [6.45, 7) is -0.225. The van der Waals surface area contributed by atoms with Crippen molar-refractivity contribution in [1.82, 2.24) is 5.32 Å². The summed E-state index contributed by atoms with van der Waals surface area (Å²) in [4.78, 5) is 10.8. The Hall–Kier alpha value is -0.920. The van der Waals surface area contributed by atoms with Gasteiger partial charge in [0.25, 0.3) is 5.91 Å². The van der Waals surface area contributed by atoms with Crippen molar-refractivity contribution < 1.29 is 31.9 Å². The fraction of sp³-hybridized carbons (Fsp3) is 0.900. The summed E-state index contributed by atoms with van der Waals surface area (Å²) in [6.07, 6.45) is -4.39. The monoisotopic (exact) mass is 275 g/mol. The van der Waals surface area contributed by atoms with Crippen molar-refractivity contribution in [2.24, 2.45) is 5.92 Å². The quantitative estimate of drug-likeness (QED) is 0.772. The molecule has 8 heteroatoms. The van der Waals surface area contributed by atoms with E-state index in [-0.39, 0.29) is 12.5 Å². The highest BCUT2D eigenvalue weighted by Gasteiger charge is 2.63. The summed E-state index contributed by atoms with van der Waals surface area (Å²) in [6, 6.07) is 0. The molecular formula is C10H14F5NO2. The molecule has 0 aromatic rings. The van der Waals surface area contributed by atoms with Gasteiger partial charge in [0.1, 0.15) is 0 Å². The van der Waals surface area contributed by atoms with Gasteiger partial charge in [-0.25, -0.2) is 0 Å². The number of nitrogens with one attached hydrogen (secondary N) is 1. The topological polar surface area (TPSA) is 49.3 Å². The van der Waals surface area contributed by atoms with Crippen molar-refractivity contribution in [3.8, 4) is 0 Å². The number of alkyl halides is 5. The lowest BCUT2D eigenvalue weighted by Gasteiger charge is -2.26. The summed E-state index contributed by atoms with van der Waals surface area (Å²) >= 11 is 0. The second-order valence-electron chi connectivity index (χ2n) is 4.46. The van der Waals surface area contributed by atoms with Crippen LogP contribution in [-0.2, 0) is 4.79 Å². The molecule has 0 saturated heterocycles. The molecule has 0 aliphatic heterocycles. The predicted octanol–water partition coefficient (Wildman–Crippen LogP) is 1.85. The van der Waals surface area contributed by atoms with Crippen molar-refractivity contribution in [1.29, 1.82) is 0 Å². The first kappa shape index (κ1) is 15.1. The Morgan fingerprint density at radius 1 is 1.11 bits per heavy atom. The van der Waals surface area contributed by atoms with Crippen LogP contribution in [0.25, 0.3) is 0 Å². The van der Waals surface area contributed by atoms with Crippen molar-refractivity contribution >= 4 is 5.91 Å². The highest BCUT2D eigenvalue weighted by Crippen LogP contribution is 2.35. The van der Waals surface area contributed by atoms with E-state index < -0.39 is 24.1 Å². The van der Waals surface area contributed by atoms with Gasteiger partial charge in [-0.3, -0.25) is 4.79 Å². The molecule has 2 N–H and O–H groups in total. The maximum Gasteiger partial charge on any atom is 0.463 e. The zero-order chi connectivity index (χ0) is 14.0. The zero-order valence-electron chi connectivity index (χ0n) is 9.44. The van der Waals surface area contributed by atoms with Gasteiger partial charge in [0.15, 0.2) is 0 Å². The SMILES string of the molecule is O=C(NCC1CCC(O)CC1)C(F)(F)C(F)(F)F. The van der Waals surface area contributed by atoms with Gasteiger partial charge in [-0.2, -0.15) is 22.0 Å². The number of hydrogen-bond acceptors (Lipinski definition) is 2. The Morgan fingerprint density at radius 3 is 2.06 bits per heavy atom. The maximum absolute atomic E-state index is 12.6. The molecule has 1 aliphatic carbocycles. The molecule has 1 aliphatic rings. The van der Waals surface area contributed by atoms with Crippen LogP contribution >= 0.6 is 0 Å². The lowest BCUT2D eigenvalue weighted by atomic mass is 9.87. The van der Waals surface area contributed by atoms with Crippen LogP contribution < -0.4 is 5.32 Å². The Labute approximate surface area is 100 Å². The number of amides is 1. The lowest BCUT2D eigenvalue weighted by molar-refractivity contribution is -0.269. The number of carbonyl (C=O) groups is 1. The summed E-state index contributed by atoms with van der Waals surface area (Å²) in [5, 5.41) is 10.8. The minimum Gasteiger partial charge on any atom is -0.393 e. The zero-order valence-corrected chi connectivity index (χ0v) is 9.44. The van der Waals surface area contributed by atoms with Gasteiger partial charge in [0.2, 0.25) is 0 Å². The molecule has 0 heterocycles. The highest BCUT2D eigenvalue weighted by molar-refractivity contribution is 5.84. The third kappa shape index (κ3) is 3.54. The van der Waals surface area contributed by atoms with Gasteiger partial charge in [0.05, 0.1) is 6.10 Å². The van der Waals surface area contributed by atoms with Crippen LogP contribution in [0.5, 0.6) is 0 Å². The number of hydrogen-bond donors (Lipinski definition) is 2. The molecule has 3 nitrogen and oxygen atoms in total. The Bertz CT molecular complexity index is 297. The number of rotatable bonds is 3. The number of aliphatic hydroxyl groups is 1. The minimum absolute atomic E-state index is 0.165. The van der Waals surface area contributed by atoms with E-state index in [1.165, 1.54) is 0 Å². The minimum atomic E-state index is -5.88. The summed E-state index contributed by atoms with van der Waals surface area (Å²) < 4.78 is 60.7. The fourth-order valence-electron chi connectivity index (χ4n) is 1.83. The molecular weight excluding hydrogens is 261 g/mol. The largest absolute Gasteiger partial charge is 0.463 e. The van der Waals surface area contributed by atoms with Gasteiger partial charge in [-0.05, 0) is 31.6 Å². The van der Waals surface area contributed by atoms with Crippen LogP contribution in [0.1, 0.15) is 25.7 Å². The van der Waals surface area contributed by atoms with Crippen LogP contribution in [-0.4, -0.2) is 35.8 Å². The smallest absolute Gasteiger partial charge is 0.393 e. The van der Waals surface area contributed by atoms with E-state index in [0.717, 1.165) is 0 Å². The van der Waals surface area contributed by atoms with Crippen molar-refractivity contribution in [3.05, 3.63) is 0 Å². The lowest BCUT2D eigenvalue weighted by Crippen LogP contribution is -2.51. The molecule has 1 fully saturated rings. The van der Waals surface area contributed by atoms with E-state index in [1.54, 1.807) is 5.32 Å². The van der Waals surface area contributed by atoms with E-state index in [0.29, 0.717) is 25.7 Å². The van der Waals surface area contributed by atoms with E-state index in [1.807, 2.05) is 0 Å². The van der Waals surface area contributed by atoms with E-state index in [9.17, 15) is 31.9 Å². The number of aliphatic hydroxyl groups excluding tert-OH is 1. The van der Waals surface area contributed by atoms with E-state index in [4.69, 9.17) is 0 Å².